The first-order valence-electron chi connectivity index (χ1n) is 6.44. The third-order valence-corrected chi connectivity index (χ3v) is 3.53. The first-order valence-corrected chi connectivity index (χ1v) is 6.81. The Kier molecular flexibility index (Phi) is 3.36. The molecule has 3 nitrogen and oxygen atoms in total. The highest BCUT2D eigenvalue weighted by atomic mass is 35.5. The lowest BCUT2D eigenvalue weighted by atomic mass is 10.2. The smallest absolute Gasteiger partial charge is 0.147 e. The van der Waals surface area contributed by atoms with Crippen LogP contribution in [-0.4, -0.2) is 9.55 Å². The fourth-order valence-electron chi connectivity index (χ4n) is 2.19. The van der Waals surface area contributed by atoms with Gasteiger partial charge >= 0.3 is 0 Å². The van der Waals surface area contributed by atoms with Gasteiger partial charge in [0.25, 0.3) is 0 Å². The number of aromatic nitrogens is 2. The van der Waals surface area contributed by atoms with Crippen LogP contribution in [0.25, 0.3) is 11.0 Å². The molecule has 0 atom stereocenters. The van der Waals surface area contributed by atoms with Crippen molar-refractivity contribution in [2.45, 2.75) is 13.5 Å². The van der Waals surface area contributed by atoms with E-state index in [2.05, 4.69) is 4.98 Å². The minimum absolute atomic E-state index is 0.437. The van der Waals surface area contributed by atoms with E-state index in [-0.39, 0.29) is 0 Å². The zero-order chi connectivity index (χ0) is 14.1. The lowest BCUT2D eigenvalue weighted by molar-refractivity contribution is 0.292. The predicted molar refractivity (Wildman–Crippen MR) is 81.2 cm³/mol. The molecule has 0 saturated carbocycles. The van der Waals surface area contributed by atoms with Gasteiger partial charge in [-0.05, 0) is 42.8 Å². The van der Waals surface area contributed by atoms with Crippen LogP contribution in [0.2, 0.25) is 5.02 Å². The van der Waals surface area contributed by atoms with Crippen LogP contribution in [0.3, 0.4) is 0 Å². The molecule has 102 valence electrons. The molecule has 20 heavy (non-hydrogen) atoms. The van der Waals surface area contributed by atoms with Crippen molar-refractivity contribution < 1.29 is 4.74 Å². The molecule has 0 saturated heterocycles. The Labute approximate surface area is 122 Å². The number of rotatable bonds is 3. The maximum Gasteiger partial charge on any atom is 0.147 e. The van der Waals surface area contributed by atoms with E-state index in [0.29, 0.717) is 11.6 Å². The molecule has 1 heterocycles. The van der Waals surface area contributed by atoms with Gasteiger partial charge in [-0.3, -0.25) is 0 Å². The second kappa shape index (κ2) is 5.17. The second-order valence-electron chi connectivity index (χ2n) is 4.83. The molecule has 4 heteroatoms. The molecule has 0 radical (unpaired) electrons. The van der Waals surface area contributed by atoms with E-state index in [1.807, 2.05) is 61.0 Å². The maximum atomic E-state index is 6.02. The van der Waals surface area contributed by atoms with Crippen molar-refractivity contribution in [3.8, 4) is 5.75 Å². The van der Waals surface area contributed by atoms with Gasteiger partial charge in [-0.25, -0.2) is 4.98 Å². The fraction of sp³-hybridized carbons (Fsp3) is 0.188. The van der Waals surface area contributed by atoms with Gasteiger partial charge in [-0.15, -0.1) is 0 Å². The Balaban J connectivity index is 1.86. The van der Waals surface area contributed by atoms with Crippen molar-refractivity contribution in [1.82, 2.24) is 9.55 Å². The van der Waals surface area contributed by atoms with Gasteiger partial charge in [0.05, 0.1) is 11.0 Å². The number of fused-ring (bicyclic) bond motifs is 1. The average Bonchev–Trinajstić information content (AvgIpc) is 2.73. The average molecular weight is 287 g/mol. The summed E-state index contributed by atoms with van der Waals surface area (Å²) in [6, 6.07) is 13.7. The van der Waals surface area contributed by atoms with Gasteiger partial charge in [-0.2, -0.15) is 0 Å². The summed E-state index contributed by atoms with van der Waals surface area (Å²) < 4.78 is 7.81. The summed E-state index contributed by atoms with van der Waals surface area (Å²) in [5, 5.41) is 0.714. The number of benzene rings is 2. The lowest BCUT2D eigenvalue weighted by Crippen LogP contribution is -2.03. The molecule has 2 aromatic carbocycles. The third kappa shape index (κ3) is 2.49. The van der Waals surface area contributed by atoms with Gasteiger partial charge < -0.3 is 9.30 Å². The standard InChI is InChI=1S/C16H15ClN2O/c1-11-4-3-5-13(8-11)20-10-16-18-14-7-6-12(17)9-15(14)19(16)2/h3-9H,10H2,1-2H3. The van der Waals surface area contributed by atoms with Crippen molar-refractivity contribution >= 4 is 22.6 Å². The zero-order valence-electron chi connectivity index (χ0n) is 11.4. The van der Waals surface area contributed by atoms with E-state index >= 15 is 0 Å². The number of ether oxygens (including phenoxy) is 1. The Bertz CT molecular complexity index is 764. The summed E-state index contributed by atoms with van der Waals surface area (Å²) in [5.41, 5.74) is 3.12. The highest BCUT2D eigenvalue weighted by Gasteiger charge is 2.08. The highest BCUT2D eigenvalue weighted by Crippen LogP contribution is 2.21. The zero-order valence-corrected chi connectivity index (χ0v) is 12.2. The van der Waals surface area contributed by atoms with E-state index in [0.717, 1.165) is 22.6 Å². The summed E-state index contributed by atoms with van der Waals surface area (Å²) in [4.78, 5) is 4.57. The van der Waals surface area contributed by atoms with Crippen LogP contribution >= 0.6 is 11.6 Å². The Hall–Kier alpha value is -2.00. The van der Waals surface area contributed by atoms with Crippen molar-refractivity contribution in [2.24, 2.45) is 7.05 Å². The molecule has 1 aromatic heterocycles. The highest BCUT2D eigenvalue weighted by molar-refractivity contribution is 6.31. The number of imidazole rings is 1. The number of aryl methyl sites for hydroxylation is 2. The summed E-state index contributed by atoms with van der Waals surface area (Å²) >= 11 is 6.02. The van der Waals surface area contributed by atoms with Crippen LogP contribution in [0.4, 0.5) is 0 Å². The Morgan fingerprint density at radius 1 is 1.20 bits per heavy atom. The fourth-order valence-corrected chi connectivity index (χ4v) is 2.36. The van der Waals surface area contributed by atoms with E-state index in [1.54, 1.807) is 0 Å². The van der Waals surface area contributed by atoms with Crippen LogP contribution < -0.4 is 4.74 Å². The molecule has 0 fully saturated rings. The van der Waals surface area contributed by atoms with E-state index < -0.39 is 0 Å². The summed E-state index contributed by atoms with van der Waals surface area (Å²) in [7, 11) is 1.97. The number of nitrogens with zero attached hydrogens (tertiary/aromatic N) is 2. The molecule has 0 unspecified atom stereocenters. The molecule has 0 spiro atoms. The monoisotopic (exact) mass is 286 g/mol. The number of hydrogen-bond acceptors (Lipinski definition) is 2. The number of halogens is 1. The van der Waals surface area contributed by atoms with E-state index in [1.165, 1.54) is 5.56 Å². The van der Waals surface area contributed by atoms with E-state index in [9.17, 15) is 0 Å². The molecular formula is C16H15ClN2O. The predicted octanol–water partition coefficient (Wildman–Crippen LogP) is 4.11. The van der Waals surface area contributed by atoms with Crippen molar-refractivity contribution in [2.75, 3.05) is 0 Å². The minimum Gasteiger partial charge on any atom is -0.486 e. The Morgan fingerprint density at radius 2 is 2.05 bits per heavy atom. The van der Waals surface area contributed by atoms with Crippen LogP contribution in [0.15, 0.2) is 42.5 Å². The summed E-state index contributed by atoms with van der Waals surface area (Å²) in [5.74, 6) is 1.74. The summed E-state index contributed by atoms with van der Waals surface area (Å²) in [6.07, 6.45) is 0. The normalized spacial score (nSPS) is 10.9. The minimum atomic E-state index is 0.437. The van der Waals surface area contributed by atoms with Crippen LogP contribution in [0.1, 0.15) is 11.4 Å². The van der Waals surface area contributed by atoms with Gasteiger partial charge in [0.1, 0.15) is 18.2 Å². The SMILES string of the molecule is Cc1cccc(OCc2nc3ccc(Cl)cc3n2C)c1. The molecule has 0 aliphatic carbocycles. The first-order chi connectivity index (χ1) is 9.63. The molecular weight excluding hydrogens is 272 g/mol. The molecule has 0 N–H and O–H groups in total. The molecule has 3 rings (SSSR count). The van der Waals surface area contributed by atoms with Crippen molar-refractivity contribution in [3.63, 3.8) is 0 Å². The maximum absolute atomic E-state index is 6.02. The quantitative estimate of drug-likeness (QED) is 0.724. The van der Waals surface area contributed by atoms with Gasteiger partial charge in [0, 0.05) is 12.1 Å². The third-order valence-electron chi connectivity index (χ3n) is 3.29. The van der Waals surface area contributed by atoms with Crippen LogP contribution in [0, 0.1) is 6.92 Å². The second-order valence-corrected chi connectivity index (χ2v) is 5.26. The molecule has 0 aliphatic rings. The Morgan fingerprint density at radius 3 is 2.85 bits per heavy atom. The largest absolute Gasteiger partial charge is 0.486 e. The molecule has 0 amide bonds. The molecule has 0 aliphatic heterocycles. The van der Waals surface area contributed by atoms with Crippen molar-refractivity contribution in [3.05, 3.63) is 58.9 Å². The van der Waals surface area contributed by atoms with Crippen LogP contribution in [-0.2, 0) is 13.7 Å². The first kappa shape index (κ1) is 13.0. The molecule has 3 aromatic rings. The molecule has 0 bridgehead atoms. The van der Waals surface area contributed by atoms with Gasteiger partial charge in [0.2, 0.25) is 0 Å². The van der Waals surface area contributed by atoms with Gasteiger partial charge in [-0.1, -0.05) is 23.7 Å². The summed E-state index contributed by atoms with van der Waals surface area (Å²) in [6.45, 7) is 2.48. The lowest BCUT2D eigenvalue weighted by Gasteiger charge is -2.07. The topological polar surface area (TPSA) is 27.1 Å². The number of hydrogen-bond donors (Lipinski definition) is 0. The van der Waals surface area contributed by atoms with Gasteiger partial charge in [0.15, 0.2) is 0 Å². The van der Waals surface area contributed by atoms with Crippen molar-refractivity contribution in [1.29, 1.82) is 0 Å². The van der Waals surface area contributed by atoms with E-state index in [4.69, 9.17) is 16.3 Å². The van der Waals surface area contributed by atoms with Crippen LogP contribution in [0.5, 0.6) is 5.75 Å².